The molecule has 1 saturated carbocycles. The van der Waals surface area contributed by atoms with Gasteiger partial charge in [-0.1, -0.05) is 0 Å². The Labute approximate surface area is 172 Å². The number of nitrogens with one attached hydrogen (secondary N) is 2. The summed E-state index contributed by atoms with van der Waals surface area (Å²) in [7, 11) is 2.01. The lowest BCUT2D eigenvalue weighted by atomic mass is 9.99. The van der Waals surface area contributed by atoms with E-state index < -0.39 is 22.8 Å². The van der Waals surface area contributed by atoms with Crippen LogP contribution in [0.15, 0.2) is 23.0 Å². The molecular weight excluding hydrogens is 386 g/mol. The Kier molecular flexibility index (Phi) is 3.98. The number of aromatic amines is 1. The molecule has 0 spiro atoms. The minimum atomic E-state index is -1.46. The minimum absolute atomic E-state index is 0.231. The number of carboxylic acids is 1. The Hall–Kier alpha value is -3.26. The quantitative estimate of drug-likeness (QED) is 0.526. The lowest BCUT2D eigenvalue weighted by Crippen LogP contribution is -2.27. The van der Waals surface area contributed by atoms with Gasteiger partial charge < -0.3 is 29.8 Å². The molecular formula is C22H23N3O5. The van der Waals surface area contributed by atoms with Crippen molar-refractivity contribution in [2.45, 2.75) is 38.3 Å². The molecule has 3 heterocycles. The Morgan fingerprint density at radius 3 is 2.80 bits per heavy atom. The Balaban J connectivity index is 1.65. The van der Waals surface area contributed by atoms with Gasteiger partial charge in [0.25, 0.3) is 5.56 Å². The number of pyridine rings is 1. The molecule has 0 amide bonds. The van der Waals surface area contributed by atoms with E-state index >= 15 is 0 Å². The van der Waals surface area contributed by atoms with E-state index in [0.717, 1.165) is 23.1 Å². The maximum atomic E-state index is 12.3. The number of aromatic carboxylic acids is 1. The van der Waals surface area contributed by atoms with Crippen molar-refractivity contribution in [3.8, 4) is 22.8 Å². The van der Waals surface area contributed by atoms with E-state index in [1.807, 2.05) is 19.2 Å². The lowest BCUT2D eigenvalue weighted by molar-refractivity contribution is 0.0691. The zero-order valence-corrected chi connectivity index (χ0v) is 16.8. The molecule has 1 aromatic carbocycles. The van der Waals surface area contributed by atoms with Crippen molar-refractivity contribution in [3.05, 3.63) is 45.4 Å². The molecule has 0 bridgehead atoms. The van der Waals surface area contributed by atoms with Crippen LogP contribution >= 0.6 is 0 Å². The predicted molar refractivity (Wildman–Crippen MR) is 111 cm³/mol. The molecule has 156 valence electrons. The van der Waals surface area contributed by atoms with E-state index in [4.69, 9.17) is 4.74 Å². The summed E-state index contributed by atoms with van der Waals surface area (Å²) >= 11 is 0. The van der Waals surface area contributed by atoms with Crippen LogP contribution in [0.1, 0.15) is 41.4 Å². The summed E-state index contributed by atoms with van der Waals surface area (Å²) in [6, 6.07) is 5.96. The average molecular weight is 409 g/mol. The van der Waals surface area contributed by atoms with Gasteiger partial charge in [-0.25, -0.2) is 4.79 Å². The van der Waals surface area contributed by atoms with Crippen LogP contribution in [0.2, 0.25) is 0 Å². The third kappa shape index (κ3) is 2.87. The van der Waals surface area contributed by atoms with Gasteiger partial charge in [-0.3, -0.25) is 4.79 Å². The fourth-order valence-electron chi connectivity index (χ4n) is 4.14. The molecule has 0 atom stereocenters. The number of carboxylic acid groups (broad SMARTS) is 1. The third-order valence-corrected chi connectivity index (χ3v) is 6.32. The molecule has 0 unspecified atom stereocenters. The fourth-order valence-corrected chi connectivity index (χ4v) is 4.14. The second-order valence-corrected chi connectivity index (χ2v) is 8.45. The van der Waals surface area contributed by atoms with Gasteiger partial charge in [0.1, 0.15) is 11.5 Å². The van der Waals surface area contributed by atoms with E-state index in [0.29, 0.717) is 22.6 Å². The number of aryl methyl sites for hydroxylation is 1. The van der Waals surface area contributed by atoms with Crippen LogP contribution in [0.4, 0.5) is 0 Å². The van der Waals surface area contributed by atoms with Crippen LogP contribution in [-0.2, 0) is 20.0 Å². The number of aromatic nitrogens is 2. The minimum Gasteiger partial charge on any atom is -0.506 e. The van der Waals surface area contributed by atoms with Crippen LogP contribution in [0.25, 0.3) is 22.2 Å². The summed E-state index contributed by atoms with van der Waals surface area (Å²) in [4.78, 5) is 26.4. The number of ether oxygens (including phenoxy) is 1. The number of hydrogen-bond acceptors (Lipinski definition) is 5. The Bertz CT molecular complexity index is 1270. The maximum absolute atomic E-state index is 12.3. The van der Waals surface area contributed by atoms with Crippen molar-refractivity contribution in [1.29, 1.82) is 0 Å². The number of hydrogen-bond donors (Lipinski definition) is 4. The molecule has 5 rings (SSSR count). The standard InChI is InChI=1S/C22H23N3O5/c1-22(4-5-22)23-10-12-7-11-8-14-16(9-15(11)25(12)2)30-6-3-13-18(14)24-20(27)17(19(13)26)21(28)29/h7-9,23H,3-6,10H2,1-2H3,(H,28,29)(H2,24,26,27). The first kappa shape index (κ1) is 18.7. The topological polar surface area (TPSA) is 117 Å². The Morgan fingerprint density at radius 1 is 1.33 bits per heavy atom. The van der Waals surface area contributed by atoms with Gasteiger partial charge in [-0.15, -0.1) is 0 Å². The highest BCUT2D eigenvalue weighted by atomic mass is 16.5. The zero-order valence-electron chi connectivity index (χ0n) is 16.8. The highest BCUT2D eigenvalue weighted by Crippen LogP contribution is 2.40. The van der Waals surface area contributed by atoms with E-state index in [2.05, 4.69) is 27.9 Å². The van der Waals surface area contributed by atoms with Crippen molar-refractivity contribution >= 4 is 16.9 Å². The molecule has 1 aliphatic heterocycles. The first-order valence-electron chi connectivity index (χ1n) is 9.99. The first-order valence-corrected chi connectivity index (χ1v) is 9.99. The molecule has 0 radical (unpaired) electrons. The van der Waals surface area contributed by atoms with Crippen molar-refractivity contribution < 1.29 is 19.7 Å². The number of nitrogens with zero attached hydrogens (tertiary/aromatic N) is 1. The Morgan fingerprint density at radius 2 is 2.10 bits per heavy atom. The van der Waals surface area contributed by atoms with E-state index in [1.165, 1.54) is 12.8 Å². The van der Waals surface area contributed by atoms with Crippen LogP contribution in [0, 0.1) is 0 Å². The summed E-state index contributed by atoms with van der Waals surface area (Å²) in [5.41, 5.74) is 2.32. The van der Waals surface area contributed by atoms with Gasteiger partial charge in [-0.05, 0) is 31.9 Å². The van der Waals surface area contributed by atoms with Crippen molar-refractivity contribution in [3.63, 3.8) is 0 Å². The van der Waals surface area contributed by atoms with Crippen molar-refractivity contribution in [1.82, 2.24) is 14.9 Å². The van der Waals surface area contributed by atoms with Gasteiger partial charge in [0, 0.05) is 53.8 Å². The number of benzene rings is 1. The van der Waals surface area contributed by atoms with Gasteiger partial charge in [0.2, 0.25) is 0 Å². The molecule has 3 aromatic rings. The molecule has 2 aromatic heterocycles. The second-order valence-electron chi connectivity index (χ2n) is 8.45. The SMILES string of the molecule is Cn1c(CNC2(C)CC2)cc2cc3c(cc21)OCCc1c-3[nH]c(=O)c(C(=O)O)c1O. The highest BCUT2D eigenvalue weighted by Gasteiger charge is 2.36. The van der Waals surface area contributed by atoms with E-state index in [9.17, 15) is 19.8 Å². The van der Waals surface area contributed by atoms with Crippen LogP contribution in [-0.4, -0.2) is 37.9 Å². The number of fused-ring (bicyclic) bond motifs is 4. The maximum Gasteiger partial charge on any atom is 0.345 e. The van der Waals surface area contributed by atoms with Crippen LogP contribution in [0.3, 0.4) is 0 Å². The normalized spacial score (nSPS) is 16.5. The summed E-state index contributed by atoms with van der Waals surface area (Å²) in [5, 5.41) is 24.3. The van der Waals surface area contributed by atoms with Gasteiger partial charge >= 0.3 is 5.97 Å². The van der Waals surface area contributed by atoms with E-state index in [1.54, 1.807) is 0 Å². The lowest BCUT2D eigenvalue weighted by Gasteiger charge is -2.12. The van der Waals surface area contributed by atoms with Gasteiger partial charge in [-0.2, -0.15) is 0 Å². The molecule has 1 fully saturated rings. The summed E-state index contributed by atoms with van der Waals surface area (Å²) in [6.07, 6.45) is 2.66. The molecule has 1 aliphatic carbocycles. The van der Waals surface area contributed by atoms with Crippen LogP contribution < -0.4 is 15.6 Å². The average Bonchev–Trinajstić information content (AvgIpc) is 3.38. The monoisotopic (exact) mass is 409 g/mol. The highest BCUT2D eigenvalue weighted by molar-refractivity contribution is 5.94. The second kappa shape index (κ2) is 6.37. The molecule has 30 heavy (non-hydrogen) atoms. The van der Waals surface area contributed by atoms with Crippen molar-refractivity contribution in [2.24, 2.45) is 7.05 Å². The fraction of sp³-hybridized carbons (Fsp3) is 0.364. The summed E-state index contributed by atoms with van der Waals surface area (Å²) in [6.45, 7) is 3.24. The van der Waals surface area contributed by atoms with E-state index in [-0.39, 0.29) is 18.6 Å². The van der Waals surface area contributed by atoms with Gasteiger partial charge in [0.05, 0.1) is 17.8 Å². The largest absolute Gasteiger partial charge is 0.506 e. The van der Waals surface area contributed by atoms with Gasteiger partial charge in [0.15, 0.2) is 5.56 Å². The summed E-state index contributed by atoms with van der Waals surface area (Å²) < 4.78 is 8.04. The number of carbonyl (C=O) groups is 1. The molecule has 4 N–H and O–H groups in total. The van der Waals surface area contributed by atoms with Crippen molar-refractivity contribution in [2.75, 3.05) is 6.61 Å². The molecule has 8 heteroatoms. The molecule has 0 saturated heterocycles. The zero-order chi connectivity index (χ0) is 21.2. The van der Waals surface area contributed by atoms with Crippen LogP contribution in [0.5, 0.6) is 11.5 Å². The smallest absolute Gasteiger partial charge is 0.345 e. The number of H-pyrrole nitrogens is 1. The first-order chi connectivity index (χ1) is 14.3. The predicted octanol–water partition coefficient (Wildman–Crippen LogP) is 2.51. The molecule has 2 aliphatic rings. The summed E-state index contributed by atoms with van der Waals surface area (Å²) in [5.74, 6) is -1.36. The molecule has 8 nitrogen and oxygen atoms in total. The number of rotatable bonds is 4. The number of aromatic hydroxyl groups is 1. The third-order valence-electron chi connectivity index (χ3n) is 6.32.